The number of benzene rings is 1. The summed E-state index contributed by atoms with van der Waals surface area (Å²) in [6.07, 6.45) is 0.845. The lowest BCUT2D eigenvalue weighted by Gasteiger charge is -2.07. The molecule has 20 heavy (non-hydrogen) atoms. The van der Waals surface area contributed by atoms with Gasteiger partial charge in [0.05, 0.1) is 19.8 Å². The normalized spacial score (nSPS) is 10.7. The van der Waals surface area contributed by atoms with Crippen molar-refractivity contribution in [1.29, 1.82) is 5.41 Å². The molecule has 6 heteroatoms. The maximum atomic E-state index is 13.6. The number of nitrogens with two attached hydrogens (primary N) is 1. The topological polar surface area (TPSA) is 77.6 Å². The van der Waals surface area contributed by atoms with Gasteiger partial charge in [0.1, 0.15) is 11.7 Å². The van der Waals surface area contributed by atoms with Crippen LogP contribution >= 0.6 is 0 Å². The van der Waals surface area contributed by atoms with Gasteiger partial charge in [-0.15, -0.1) is 0 Å². The van der Waals surface area contributed by atoms with Crippen LogP contribution in [0.5, 0.6) is 0 Å². The van der Waals surface area contributed by atoms with Crippen molar-refractivity contribution in [3.63, 3.8) is 0 Å². The van der Waals surface area contributed by atoms with Crippen LogP contribution in [-0.2, 0) is 20.8 Å². The number of amidine groups is 1. The first-order valence-corrected chi connectivity index (χ1v) is 6.42. The Bertz CT molecular complexity index is 427. The van der Waals surface area contributed by atoms with Gasteiger partial charge < -0.3 is 19.9 Å². The molecule has 0 heterocycles. The van der Waals surface area contributed by atoms with Gasteiger partial charge in [-0.1, -0.05) is 12.1 Å². The van der Waals surface area contributed by atoms with Crippen molar-refractivity contribution in [2.75, 3.05) is 33.5 Å². The molecular weight excluding hydrogens is 263 g/mol. The van der Waals surface area contributed by atoms with Gasteiger partial charge in [-0.2, -0.15) is 0 Å². The Morgan fingerprint density at radius 3 is 2.60 bits per heavy atom. The lowest BCUT2D eigenvalue weighted by Crippen LogP contribution is -2.12. The molecule has 1 aromatic rings. The highest BCUT2D eigenvalue weighted by Crippen LogP contribution is 2.11. The maximum absolute atomic E-state index is 13.6. The van der Waals surface area contributed by atoms with Crippen molar-refractivity contribution in [2.24, 2.45) is 5.73 Å². The second-order valence-electron chi connectivity index (χ2n) is 4.23. The Hall–Kier alpha value is -1.50. The molecule has 5 nitrogen and oxygen atoms in total. The van der Waals surface area contributed by atoms with Crippen LogP contribution in [0, 0.1) is 11.2 Å². The van der Waals surface area contributed by atoms with Crippen LogP contribution in [0.1, 0.15) is 17.5 Å². The summed E-state index contributed by atoms with van der Waals surface area (Å²) in [6, 6.07) is 4.42. The van der Waals surface area contributed by atoms with Gasteiger partial charge in [0, 0.05) is 31.5 Å². The third-order valence-corrected chi connectivity index (χ3v) is 2.63. The number of hydrogen-bond donors (Lipinski definition) is 2. The van der Waals surface area contributed by atoms with E-state index in [1.54, 1.807) is 19.2 Å². The number of ether oxygens (including phenoxy) is 3. The molecule has 0 radical (unpaired) electrons. The van der Waals surface area contributed by atoms with Gasteiger partial charge in [0.15, 0.2) is 0 Å². The first-order valence-electron chi connectivity index (χ1n) is 6.42. The Morgan fingerprint density at radius 2 is 1.95 bits per heavy atom. The molecule has 1 rings (SSSR count). The zero-order valence-electron chi connectivity index (χ0n) is 11.7. The highest BCUT2D eigenvalue weighted by molar-refractivity contribution is 5.94. The second-order valence-corrected chi connectivity index (χ2v) is 4.23. The van der Waals surface area contributed by atoms with Crippen molar-refractivity contribution in [3.8, 4) is 0 Å². The summed E-state index contributed by atoms with van der Waals surface area (Å²) in [5.74, 6) is -0.570. The molecule has 0 amide bonds. The summed E-state index contributed by atoms with van der Waals surface area (Å²) < 4.78 is 29.2. The average molecular weight is 284 g/mol. The molecule has 0 spiro atoms. The quantitative estimate of drug-likeness (QED) is 0.389. The summed E-state index contributed by atoms with van der Waals surface area (Å²) >= 11 is 0. The molecule has 3 N–H and O–H groups in total. The van der Waals surface area contributed by atoms with Gasteiger partial charge in [-0.3, -0.25) is 5.41 Å². The predicted octanol–water partition coefficient (Wildman–Crippen LogP) is 1.68. The molecule has 0 atom stereocenters. The van der Waals surface area contributed by atoms with E-state index in [9.17, 15) is 4.39 Å². The number of nitrogen functional groups attached to an aromatic ring is 1. The first kappa shape index (κ1) is 16.6. The molecule has 0 bridgehead atoms. The predicted molar refractivity (Wildman–Crippen MR) is 74.4 cm³/mol. The molecule has 0 unspecified atom stereocenters. The molecule has 0 aliphatic rings. The monoisotopic (exact) mass is 284 g/mol. The summed E-state index contributed by atoms with van der Waals surface area (Å²) in [4.78, 5) is 0. The smallest absolute Gasteiger partial charge is 0.129 e. The second kappa shape index (κ2) is 9.41. The summed E-state index contributed by atoms with van der Waals surface area (Å²) in [5.41, 5.74) is 6.09. The average Bonchev–Trinajstić information content (AvgIpc) is 2.43. The van der Waals surface area contributed by atoms with Gasteiger partial charge in [0.2, 0.25) is 0 Å². The number of nitrogens with one attached hydrogen (secondary N) is 1. The highest BCUT2D eigenvalue weighted by atomic mass is 19.1. The molecule has 0 saturated carbocycles. The minimum Gasteiger partial charge on any atom is -0.385 e. The molecular formula is C14H21FN2O3. The third kappa shape index (κ3) is 6.10. The number of methoxy groups -OCH3 is 1. The number of halogens is 1. The molecule has 1 aromatic carbocycles. The summed E-state index contributed by atoms with van der Waals surface area (Å²) in [6.45, 7) is 2.34. The molecule has 0 fully saturated rings. The van der Waals surface area contributed by atoms with E-state index in [0.717, 1.165) is 6.42 Å². The fourth-order valence-corrected chi connectivity index (χ4v) is 1.54. The van der Waals surface area contributed by atoms with Crippen LogP contribution in [0.3, 0.4) is 0 Å². The minimum absolute atomic E-state index is 0.152. The van der Waals surface area contributed by atoms with E-state index in [2.05, 4.69) is 0 Å². The van der Waals surface area contributed by atoms with Crippen molar-refractivity contribution >= 4 is 5.84 Å². The zero-order valence-corrected chi connectivity index (χ0v) is 11.7. The van der Waals surface area contributed by atoms with Crippen molar-refractivity contribution in [2.45, 2.75) is 13.0 Å². The standard InChI is InChI=1S/C14H21FN2O3/c1-18-5-2-6-19-7-8-20-10-12-4-3-11(14(16)17)9-13(12)15/h3-4,9H,2,5-8,10H2,1H3,(H3,16,17). The van der Waals surface area contributed by atoms with Crippen molar-refractivity contribution in [1.82, 2.24) is 0 Å². The van der Waals surface area contributed by atoms with Crippen LogP contribution in [0.2, 0.25) is 0 Å². The van der Waals surface area contributed by atoms with E-state index >= 15 is 0 Å². The fourth-order valence-electron chi connectivity index (χ4n) is 1.54. The highest BCUT2D eigenvalue weighted by Gasteiger charge is 2.05. The van der Waals surface area contributed by atoms with Crippen LogP contribution in [0.4, 0.5) is 4.39 Å². The van der Waals surface area contributed by atoms with Crippen molar-refractivity contribution < 1.29 is 18.6 Å². The summed E-state index contributed by atoms with van der Waals surface area (Å²) in [5, 5.41) is 7.22. The lowest BCUT2D eigenvalue weighted by molar-refractivity contribution is 0.0329. The van der Waals surface area contributed by atoms with Crippen LogP contribution in [-0.4, -0.2) is 39.4 Å². The Balaban J connectivity index is 2.20. The number of hydrogen-bond acceptors (Lipinski definition) is 4. The SMILES string of the molecule is COCCCOCCOCc1ccc(C(=N)N)cc1F. The molecule has 112 valence electrons. The van der Waals surface area contributed by atoms with Gasteiger partial charge >= 0.3 is 0 Å². The summed E-state index contributed by atoms with van der Waals surface area (Å²) in [7, 11) is 1.65. The Labute approximate surface area is 118 Å². The van der Waals surface area contributed by atoms with Gasteiger partial charge in [-0.25, -0.2) is 4.39 Å². The molecule has 0 aromatic heterocycles. The minimum atomic E-state index is -0.418. The third-order valence-electron chi connectivity index (χ3n) is 2.63. The Morgan fingerprint density at radius 1 is 1.20 bits per heavy atom. The molecule has 0 saturated heterocycles. The number of rotatable bonds is 10. The molecule has 0 aliphatic heterocycles. The van der Waals surface area contributed by atoms with Crippen LogP contribution in [0.15, 0.2) is 18.2 Å². The lowest BCUT2D eigenvalue weighted by atomic mass is 10.1. The van der Waals surface area contributed by atoms with E-state index in [-0.39, 0.29) is 12.4 Å². The van der Waals surface area contributed by atoms with E-state index in [0.29, 0.717) is 37.6 Å². The maximum Gasteiger partial charge on any atom is 0.129 e. The van der Waals surface area contributed by atoms with Crippen molar-refractivity contribution in [3.05, 3.63) is 35.1 Å². The van der Waals surface area contributed by atoms with Gasteiger partial charge in [-0.05, 0) is 12.5 Å². The van der Waals surface area contributed by atoms with Crippen LogP contribution in [0.25, 0.3) is 0 Å². The Kier molecular flexibility index (Phi) is 7.79. The van der Waals surface area contributed by atoms with Crippen LogP contribution < -0.4 is 5.73 Å². The van der Waals surface area contributed by atoms with Gasteiger partial charge in [0.25, 0.3) is 0 Å². The molecule has 0 aliphatic carbocycles. The largest absolute Gasteiger partial charge is 0.385 e. The fraction of sp³-hybridized carbons (Fsp3) is 0.500. The van der Waals surface area contributed by atoms with E-state index in [4.69, 9.17) is 25.4 Å². The van der Waals surface area contributed by atoms with E-state index < -0.39 is 5.82 Å². The zero-order chi connectivity index (χ0) is 14.8. The van der Waals surface area contributed by atoms with E-state index in [1.807, 2.05) is 0 Å². The first-order chi connectivity index (χ1) is 9.65. The van der Waals surface area contributed by atoms with E-state index in [1.165, 1.54) is 6.07 Å².